The van der Waals surface area contributed by atoms with Crippen LogP contribution in [0.1, 0.15) is 32.3 Å². The summed E-state index contributed by atoms with van der Waals surface area (Å²) in [6.45, 7) is 5.20. The highest BCUT2D eigenvalue weighted by molar-refractivity contribution is 6.34. The Balaban J connectivity index is 2.57. The monoisotopic (exact) mass is 245 g/mol. The van der Waals surface area contributed by atoms with E-state index in [1.165, 1.54) is 0 Å². The van der Waals surface area contributed by atoms with E-state index in [9.17, 15) is 0 Å². The van der Waals surface area contributed by atoms with Crippen molar-refractivity contribution >= 4 is 23.2 Å². The number of hydrogen-bond donors (Lipinski definition) is 1. The molecule has 3 heteroatoms. The molecule has 0 saturated carbocycles. The standard InChI is InChI=1S/C12H17Cl2N/c1-3-12(4-2)15-8-9-5-10(13)7-11(14)6-9/h5-7,12,15H,3-4,8H2,1-2H3. The molecule has 0 aromatic heterocycles. The van der Waals surface area contributed by atoms with Crippen LogP contribution in [0.2, 0.25) is 10.0 Å². The number of nitrogens with one attached hydrogen (secondary N) is 1. The first-order valence-electron chi connectivity index (χ1n) is 5.34. The van der Waals surface area contributed by atoms with Crippen LogP contribution < -0.4 is 5.32 Å². The summed E-state index contributed by atoms with van der Waals surface area (Å²) in [4.78, 5) is 0. The van der Waals surface area contributed by atoms with Crippen LogP contribution in [0.4, 0.5) is 0 Å². The zero-order valence-corrected chi connectivity index (χ0v) is 10.7. The average molecular weight is 246 g/mol. The molecule has 0 aliphatic rings. The van der Waals surface area contributed by atoms with Gasteiger partial charge in [0.2, 0.25) is 0 Å². The maximum Gasteiger partial charge on any atom is 0.0424 e. The molecule has 1 aromatic rings. The van der Waals surface area contributed by atoms with Crippen molar-refractivity contribution in [2.45, 2.75) is 39.3 Å². The summed E-state index contributed by atoms with van der Waals surface area (Å²) >= 11 is 11.8. The van der Waals surface area contributed by atoms with Gasteiger partial charge >= 0.3 is 0 Å². The van der Waals surface area contributed by atoms with E-state index in [0.717, 1.165) is 24.9 Å². The second kappa shape index (κ2) is 6.37. The SMILES string of the molecule is CCC(CC)NCc1cc(Cl)cc(Cl)c1. The van der Waals surface area contributed by atoms with E-state index < -0.39 is 0 Å². The van der Waals surface area contributed by atoms with Gasteiger partial charge in [0, 0.05) is 22.6 Å². The molecule has 0 aliphatic heterocycles. The van der Waals surface area contributed by atoms with Crippen LogP contribution in [0.3, 0.4) is 0 Å². The summed E-state index contributed by atoms with van der Waals surface area (Å²) in [6.07, 6.45) is 2.29. The van der Waals surface area contributed by atoms with Gasteiger partial charge in [-0.15, -0.1) is 0 Å². The third kappa shape index (κ3) is 4.42. The Labute approximate surface area is 102 Å². The highest BCUT2D eigenvalue weighted by atomic mass is 35.5. The molecule has 0 amide bonds. The van der Waals surface area contributed by atoms with E-state index in [1.807, 2.05) is 12.1 Å². The van der Waals surface area contributed by atoms with Crippen molar-refractivity contribution in [3.05, 3.63) is 33.8 Å². The van der Waals surface area contributed by atoms with Crippen molar-refractivity contribution in [2.75, 3.05) is 0 Å². The van der Waals surface area contributed by atoms with Gasteiger partial charge < -0.3 is 5.32 Å². The topological polar surface area (TPSA) is 12.0 Å². The summed E-state index contributed by atoms with van der Waals surface area (Å²) in [6, 6.07) is 6.22. The van der Waals surface area contributed by atoms with Gasteiger partial charge in [0.05, 0.1) is 0 Å². The lowest BCUT2D eigenvalue weighted by molar-refractivity contribution is 0.484. The van der Waals surface area contributed by atoms with E-state index in [2.05, 4.69) is 19.2 Å². The number of benzene rings is 1. The van der Waals surface area contributed by atoms with Crippen LogP contribution in [-0.2, 0) is 6.54 Å². The minimum absolute atomic E-state index is 0.572. The molecular formula is C12H17Cl2N. The predicted molar refractivity (Wildman–Crippen MR) is 67.7 cm³/mol. The van der Waals surface area contributed by atoms with Crippen LogP contribution in [0.5, 0.6) is 0 Å². The molecule has 0 saturated heterocycles. The zero-order chi connectivity index (χ0) is 11.3. The molecule has 0 aliphatic carbocycles. The van der Waals surface area contributed by atoms with E-state index in [0.29, 0.717) is 16.1 Å². The second-order valence-corrected chi connectivity index (χ2v) is 4.54. The van der Waals surface area contributed by atoms with Gasteiger partial charge in [0.1, 0.15) is 0 Å². The molecule has 84 valence electrons. The largest absolute Gasteiger partial charge is 0.310 e. The molecule has 0 atom stereocenters. The van der Waals surface area contributed by atoms with Crippen molar-refractivity contribution in [2.24, 2.45) is 0 Å². The van der Waals surface area contributed by atoms with Gasteiger partial charge in [0.25, 0.3) is 0 Å². The first kappa shape index (κ1) is 12.8. The minimum Gasteiger partial charge on any atom is -0.310 e. The van der Waals surface area contributed by atoms with Gasteiger partial charge in [-0.25, -0.2) is 0 Å². The highest BCUT2D eigenvalue weighted by Gasteiger charge is 2.03. The number of hydrogen-bond acceptors (Lipinski definition) is 1. The summed E-state index contributed by atoms with van der Waals surface area (Å²) in [5, 5.41) is 4.87. The molecule has 0 radical (unpaired) electrons. The minimum atomic E-state index is 0.572. The molecule has 0 heterocycles. The molecule has 1 aromatic carbocycles. The van der Waals surface area contributed by atoms with Gasteiger partial charge in [-0.3, -0.25) is 0 Å². The Kier molecular flexibility index (Phi) is 5.44. The smallest absolute Gasteiger partial charge is 0.0424 e. The van der Waals surface area contributed by atoms with Crippen molar-refractivity contribution in [1.82, 2.24) is 5.32 Å². The molecular weight excluding hydrogens is 229 g/mol. The lowest BCUT2D eigenvalue weighted by Gasteiger charge is -2.14. The quantitative estimate of drug-likeness (QED) is 0.817. The third-order valence-corrected chi connectivity index (χ3v) is 2.94. The molecule has 0 fully saturated rings. The number of rotatable bonds is 5. The maximum atomic E-state index is 5.92. The lowest BCUT2D eigenvalue weighted by Crippen LogP contribution is -2.26. The van der Waals surface area contributed by atoms with Crippen molar-refractivity contribution in [1.29, 1.82) is 0 Å². The third-order valence-electron chi connectivity index (χ3n) is 2.50. The van der Waals surface area contributed by atoms with Crippen molar-refractivity contribution in [3.63, 3.8) is 0 Å². The van der Waals surface area contributed by atoms with Gasteiger partial charge in [-0.1, -0.05) is 37.0 Å². The average Bonchev–Trinajstić information content (AvgIpc) is 2.18. The first-order chi connectivity index (χ1) is 7.15. The Morgan fingerprint density at radius 1 is 1.07 bits per heavy atom. The van der Waals surface area contributed by atoms with Gasteiger partial charge in [0.15, 0.2) is 0 Å². The Morgan fingerprint density at radius 3 is 2.07 bits per heavy atom. The van der Waals surface area contributed by atoms with Crippen molar-refractivity contribution in [3.8, 4) is 0 Å². The maximum absolute atomic E-state index is 5.92. The molecule has 1 N–H and O–H groups in total. The fourth-order valence-corrected chi connectivity index (χ4v) is 2.12. The first-order valence-corrected chi connectivity index (χ1v) is 6.09. The van der Waals surface area contributed by atoms with E-state index in [1.54, 1.807) is 6.07 Å². The fraction of sp³-hybridized carbons (Fsp3) is 0.500. The van der Waals surface area contributed by atoms with E-state index >= 15 is 0 Å². The van der Waals surface area contributed by atoms with Crippen LogP contribution >= 0.6 is 23.2 Å². The van der Waals surface area contributed by atoms with E-state index in [-0.39, 0.29) is 0 Å². The van der Waals surface area contributed by atoms with Crippen molar-refractivity contribution < 1.29 is 0 Å². The highest BCUT2D eigenvalue weighted by Crippen LogP contribution is 2.19. The number of halogens is 2. The summed E-state index contributed by atoms with van der Waals surface area (Å²) in [7, 11) is 0. The molecule has 0 unspecified atom stereocenters. The van der Waals surface area contributed by atoms with Crippen LogP contribution in [0.15, 0.2) is 18.2 Å². The Bertz CT molecular complexity index is 288. The summed E-state index contributed by atoms with van der Waals surface area (Å²) < 4.78 is 0. The second-order valence-electron chi connectivity index (χ2n) is 3.67. The molecule has 0 bridgehead atoms. The summed E-state index contributed by atoms with van der Waals surface area (Å²) in [5.74, 6) is 0. The molecule has 0 spiro atoms. The summed E-state index contributed by atoms with van der Waals surface area (Å²) in [5.41, 5.74) is 1.14. The zero-order valence-electron chi connectivity index (χ0n) is 9.19. The normalized spacial score (nSPS) is 11.0. The molecule has 1 rings (SSSR count). The Hall–Kier alpha value is -0.240. The predicted octanol–water partition coefficient (Wildman–Crippen LogP) is 4.27. The van der Waals surface area contributed by atoms with Gasteiger partial charge in [-0.05, 0) is 36.6 Å². The molecule has 1 nitrogen and oxygen atoms in total. The van der Waals surface area contributed by atoms with Crippen LogP contribution in [0, 0.1) is 0 Å². The van der Waals surface area contributed by atoms with E-state index in [4.69, 9.17) is 23.2 Å². The Morgan fingerprint density at radius 2 is 1.60 bits per heavy atom. The van der Waals surface area contributed by atoms with Crippen LogP contribution in [-0.4, -0.2) is 6.04 Å². The fourth-order valence-electron chi connectivity index (χ4n) is 1.55. The lowest BCUT2D eigenvalue weighted by atomic mass is 10.1. The van der Waals surface area contributed by atoms with Crippen LogP contribution in [0.25, 0.3) is 0 Å². The molecule has 15 heavy (non-hydrogen) atoms. The van der Waals surface area contributed by atoms with Gasteiger partial charge in [-0.2, -0.15) is 0 Å².